The summed E-state index contributed by atoms with van der Waals surface area (Å²) >= 11 is 5.70. The molecule has 2 aromatic rings. The number of carbonyl (C=O) groups is 1. The van der Waals surface area contributed by atoms with Gasteiger partial charge in [0.15, 0.2) is 11.5 Å². The highest BCUT2D eigenvalue weighted by Crippen LogP contribution is 2.54. The Kier molecular flexibility index (Phi) is 3.29. The van der Waals surface area contributed by atoms with E-state index in [1.165, 1.54) is 18.6 Å². The van der Waals surface area contributed by atoms with E-state index in [0.717, 1.165) is 0 Å². The quantitative estimate of drug-likeness (QED) is 0.878. The van der Waals surface area contributed by atoms with Gasteiger partial charge in [0.2, 0.25) is 5.91 Å². The normalized spacial score (nSPS) is 23.7. The number of nitrogens with one attached hydrogen (secondary N) is 1. The zero-order chi connectivity index (χ0) is 15.0. The largest absolute Gasteiger partial charge is 0.310 e. The van der Waals surface area contributed by atoms with Crippen molar-refractivity contribution < 1.29 is 9.18 Å². The van der Waals surface area contributed by atoms with Crippen LogP contribution in [0.15, 0.2) is 24.7 Å². The molecule has 2 atom stereocenters. The lowest BCUT2D eigenvalue weighted by molar-refractivity contribution is -0.118. The molecule has 108 valence electrons. The first-order chi connectivity index (χ1) is 9.99. The molecule has 8 heteroatoms. The molecule has 1 fully saturated rings. The highest BCUT2D eigenvalue weighted by molar-refractivity contribution is 6.29. The van der Waals surface area contributed by atoms with Crippen molar-refractivity contribution in [1.82, 2.24) is 19.9 Å². The Morgan fingerprint density at radius 2 is 2.29 bits per heavy atom. The van der Waals surface area contributed by atoms with Crippen LogP contribution in [-0.4, -0.2) is 25.8 Å². The van der Waals surface area contributed by atoms with Gasteiger partial charge in [-0.25, -0.2) is 24.3 Å². The number of carbonyl (C=O) groups excluding carboxylic acids is 1. The van der Waals surface area contributed by atoms with E-state index in [2.05, 4.69) is 25.3 Å². The molecule has 1 saturated carbocycles. The monoisotopic (exact) mass is 307 g/mol. The van der Waals surface area contributed by atoms with Gasteiger partial charge in [0, 0.05) is 24.4 Å². The van der Waals surface area contributed by atoms with Crippen LogP contribution in [0.3, 0.4) is 0 Å². The number of rotatable bonds is 3. The van der Waals surface area contributed by atoms with E-state index in [4.69, 9.17) is 11.6 Å². The summed E-state index contributed by atoms with van der Waals surface area (Å²) in [6, 6.07) is 3.07. The standard InChI is InChI=1S/C13H11ClFN5O/c1-7-2-3-16-12(19-7)13(15)5-8(13)11(21)20-10-4-9(14)17-6-18-10/h2-4,6,8H,5H2,1H3,(H,17,18,20,21)/t8-,13-/m0/s1. The van der Waals surface area contributed by atoms with Gasteiger partial charge in [0.05, 0.1) is 5.92 Å². The second kappa shape index (κ2) is 5.00. The van der Waals surface area contributed by atoms with E-state index in [1.54, 1.807) is 13.0 Å². The second-order valence-electron chi connectivity index (χ2n) is 4.86. The maximum atomic E-state index is 14.7. The molecule has 21 heavy (non-hydrogen) atoms. The predicted octanol–water partition coefficient (Wildman–Crippen LogP) is 2.05. The lowest BCUT2D eigenvalue weighted by atomic mass is 10.2. The second-order valence-corrected chi connectivity index (χ2v) is 5.24. The molecule has 2 heterocycles. The first-order valence-electron chi connectivity index (χ1n) is 6.26. The zero-order valence-electron chi connectivity index (χ0n) is 11.0. The van der Waals surface area contributed by atoms with E-state index in [-0.39, 0.29) is 23.2 Å². The Morgan fingerprint density at radius 3 is 3.00 bits per heavy atom. The van der Waals surface area contributed by atoms with Crippen LogP contribution < -0.4 is 5.32 Å². The molecule has 1 aliphatic rings. The molecule has 6 nitrogen and oxygen atoms in total. The number of halogens is 2. The molecule has 0 bridgehead atoms. The molecule has 0 aromatic carbocycles. The Hall–Kier alpha value is -2.15. The van der Waals surface area contributed by atoms with Gasteiger partial charge >= 0.3 is 0 Å². The predicted molar refractivity (Wildman–Crippen MR) is 73.3 cm³/mol. The van der Waals surface area contributed by atoms with Crippen LogP contribution in [0.4, 0.5) is 10.2 Å². The number of anilines is 1. The van der Waals surface area contributed by atoms with E-state index in [1.807, 2.05) is 0 Å². The van der Waals surface area contributed by atoms with Gasteiger partial charge in [-0.1, -0.05) is 11.6 Å². The van der Waals surface area contributed by atoms with Gasteiger partial charge in [-0.05, 0) is 13.0 Å². The smallest absolute Gasteiger partial charge is 0.232 e. The van der Waals surface area contributed by atoms with Gasteiger partial charge in [-0.3, -0.25) is 4.79 Å². The average Bonchev–Trinajstić information content (AvgIpc) is 3.13. The van der Waals surface area contributed by atoms with E-state index < -0.39 is 17.5 Å². The van der Waals surface area contributed by atoms with Crippen molar-refractivity contribution in [1.29, 1.82) is 0 Å². The zero-order valence-corrected chi connectivity index (χ0v) is 11.8. The third-order valence-electron chi connectivity index (χ3n) is 3.26. The molecular formula is C13H11ClFN5O. The molecule has 0 saturated heterocycles. The fourth-order valence-electron chi connectivity index (χ4n) is 2.05. The van der Waals surface area contributed by atoms with Crippen LogP contribution in [-0.2, 0) is 10.5 Å². The Labute approximate surface area is 124 Å². The van der Waals surface area contributed by atoms with Crippen LogP contribution in [0.25, 0.3) is 0 Å². The molecule has 2 aromatic heterocycles. The molecule has 0 spiro atoms. The summed E-state index contributed by atoms with van der Waals surface area (Å²) in [6.45, 7) is 1.74. The molecule has 0 radical (unpaired) electrons. The third kappa shape index (κ3) is 2.69. The summed E-state index contributed by atoms with van der Waals surface area (Å²) in [5.74, 6) is -1.02. The van der Waals surface area contributed by atoms with Crippen molar-refractivity contribution in [2.75, 3.05) is 5.32 Å². The highest BCUT2D eigenvalue weighted by Gasteiger charge is 2.63. The minimum Gasteiger partial charge on any atom is -0.310 e. The topological polar surface area (TPSA) is 80.7 Å². The maximum Gasteiger partial charge on any atom is 0.232 e. The number of nitrogens with zero attached hydrogens (tertiary/aromatic N) is 4. The summed E-state index contributed by atoms with van der Waals surface area (Å²) < 4.78 is 14.7. The first-order valence-corrected chi connectivity index (χ1v) is 6.64. The molecule has 1 amide bonds. The van der Waals surface area contributed by atoms with Crippen LogP contribution in [0.1, 0.15) is 17.9 Å². The third-order valence-corrected chi connectivity index (χ3v) is 3.47. The minimum atomic E-state index is -1.81. The van der Waals surface area contributed by atoms with E-state index in [9.17, 15) is 9.18 Å². The summed E-state index contributed by atoms with van der Waals surface area (Å²) in [4.78, 5) is 27.6. The lowest BCUT2D eigenvalue weighted by Gasteiger charge is -2.07. The van der Waals surface area contributed by atoms with Gasteiger partial charge in [0.25, 0.3) is 0 Å². The fraction of sp³-hybridized carbons (Fsp3) is 0.308. The SMILES string of the molecule is Cc1ccnc([C@]2(F)C[C@H]2C(=O)Nc2cc(Cl)ncn2)n1. The number of aryl methyl sites for hydroxylation is 1. The van der Waals surface area contributed by atoms with Crippen LogP contribution >= 0.6 is 11.6 Å². The number of alkyl halides is 1. The maximum absolute atomic E-state index is 14.7. The van der Waals surface area contributed by atoms with Crippen molar-refractivity contribution in [2.24, 2.45) is 5.92 Å². The molecule has 0 unspecified atom stereocenters. The van der Waals surface area contributed by atoms with Crippen molar-refractivity contribution in [3.05, 3.63) is 41.3 Å². The van der Waals surface area contributed by atoms with Gasteiger partial charge in [-0.2, -0.15) is 0 Å². The number of hydrogen-bond acceptors (Lipinski definition) is 5. The van der Waals surface area contributed by atoms with Crippen molar-refractivity contribution in [2.45, 2.75) is 19.0 Å². The van der Waals surface area contributed by atoms with Crippen molar-refractivity contribution in [3.8, 4) is 0 Å². The number of hydrogen-bond donors (Lipinski definition) is 1. The van der Waals surface area contributed by atoms with Gasteiger partial charge < -0.3 is 5.32 Å². The highest BCUT2D eigenvalue weighted by atomic mass is 35.5. The molecule has 1 N–H and O–H groups in total. The van der Waals surface area contributed by atoms with E-state index in [0.29, 0.717) is 5.69 Å². The summed E-state index contributed by atoms with van der Waals surface area (Å²) in [6.07, 6.45) is 2.76. The van der Waals surface area contributed by atoms with Crippen LogP contribution in [0.2, 0.25) is 5.15 Å². The van der Waals surface area contributed by atoms with Crippen molar-refractivity contribution >= 4 is 23.3 Å². The summed E-state index contributed by atoms with van der Waals surface area (Å²) in [5, 5.41) is 2.71. The lowest BCUT2D eigenvalue weighted by Crippen LogP contribution is -2.20. The van der Waals surface area contributed by atoms with Crippen molar-refractivity contribution in [3.63, 3.8) is 0 Å². The van der Waals surface area contributed by atoms with Gasteiger partial charge in [0.1, 0.15) is 17.3 Å². The average molecular weight is 308 g/mol. The fourth-order valence-corrected chi connectivity index (χ4v) is 2.20. The van der Waals surface area contributed by atoms with E-state index >= 15 is 0 Å². The first kappa shape index (κ1) is 13.8. The Bertz CT molecular complexity index is 712. The number of amides is 1. The van der Waals surface area contributed by atoms with Crippen LogP contribution in [0, 0.1) is 12.8 Å². The Balaban J connectivity index is 1.73. The van der Waals surface area contributed by atoms with Gasteiger partial charge in [-0.15, -0.1) is 0 Å². The molecular weight excluding hydrogens is 297 g/mol. The summed E-state index contributed by atoms with van der Waals surface area (Å²) in [5.41, 5.74) is -1.15. The molecule has 0 aliphatic heterocycles. The molecule has 1 aliphatic carbocycles. The Morgan fingerprint density at radius 1 is 1.48 bits per heavy atom. The summed E-state index contributed by atoms with van der Waals surface area (Å²) in [7, 11) is 0. The molecule has 3 rings (SSSR count). The number of aromatic nitrogens is 4. The minimum absolute atomic E-state index is 0.0448. The van der Waals surface area contributed by atoms with Crippen LogP contribution in [0.5, 0.6) is 0 Å².